The first-order valence-corrected chi connectivity index (χ1v) is 9.24. The van der Waals surface area contributed by atoms with Crippen LogP contribution in [0.3, 0.4) is 0 Å². The van der Waals surface area contributed by atoms with E-state index < -0.39 is 0 Å². The molecule has 7 nitrogen and oxygen atoms in total. The van der Waals surface area contributed by atoms with E-state index >= 15 is 0 Å². The van der Waals surface area contributed by atoms with Crippen LogP contribution in [-0.4, -0.2) is 61.6 Å². The molecule has 2 amide bonds. The second-order valence-corrected chi connectivity index (χ2v) is 6.67. The maximum absolute atomic E-state index is 12.2. The highest BCUT2D eigenvalue weighted by Gasteiger charge is 2.23. The largest absolute Gasteiger partial charge is 0.373 e. The van der Waals surface area contributed by atoms with Gasteiger partial charge >= 0.3 is 0 Å². The number of nitrogens with zero attached hydrogens (tertiary/aromatic N) is 2. The second kappa shape index (κ2) is 9.54. The zero-order valence-electron chi connectivity index (χ0n) is 16.1. The number of nitrogens with one attached hydrogen (secondary N) is 2. The molecule has 1 fully saturated rings. The molecule has 2 rings (SSSR count). The van der Waals surface area contributed by atoms with Gasteiger partial charge in [0.1, 0.15) is 0 Å². The number of hydrogen-bond donors (Lipinski definition) is 2. The molecule has 0 aliphatic carbocycles. The van der Waals surface area contributed by atoms with Crippen LogP contribution in [0.25, 0.3) is 0 Å². The average molecular weight is 362 g/mol. The molecule has 1 saturated heterocycles. The molecule has 1 heterocycles. The molecular formula is C19H30N4O3. The minimum absolute atomic E-state index is 0.102. The summed E-state index contributed by atoms with van der Waals surface area (Å²) in [4.78, 5) is 28.5. The van der Waals surface area contributed by atoms with Crippen molar-refractivity contribution in [2.75, 3.05) is 37.6 Å². The van der Waals surface area contributed by atoms with Gasteiger partial charge in [-0.3, -0.25) is 25.3 Å². The second-order valence-electron chi connectivity index (χ2n) is 6.67. The lowest BCUT2D eigenvalue weighted by Crippen LogP contribution is -2.51. The van der Waals surface area contributed by atoms with Gasteiger partial charge in [-0.25, -0.2) is 0 Å². The lowest BCUT2D eigenvalue weighted by atomic mass is 10.2. The van der Waals surface area contributed by atoms with E-state index in [-0.39, 0.29) is 30.6 Å². The Balaban J connectivity index is 1.81. The minimum atomic E-state index is -0.326. The first-order chi connectivity index (χ1) is 12.4. The van der Waals surface area contributed by atoms with Crippen LogP contribution in [-0.2, 0) is 9.53 Å². The quantitative estimate of drug-likeness (QED) is 0.749. The van der Waals surface area contributed by atoms with Crippen LogP contribution in [0.4, 0.5) is 5.69 Å². The third kappa shape index (κ3) is 5.71. The van der Waals surface area contributed by atoms with Crippen molar-refractivity contribution in [2.45, 2.75) is 39.9 Å². The summed E-state index contributed by atoms with van der Waals surface area (Å²) in [5, 5.41) is 0. The van der Waals surface area contributed by atoms with Crippen LogP contribution in [0.2, 0.25) is 0 Å². The summed E-state index contributed by atoms with van der Waals surface area (Å²) in [6.45, 7) is 11.6. The summed E-state index contributed by atoms with van der Waals surface area (Å²) in [7, 11) is 0. The van der Waals surface area contributed by atoms with E-state index in [2.05, 4.69) is 29.6 Å². The van der Waals surface area contributed by atoms with Gasteiger partial charge < -0.3 is 9.64 Å². The van der Waals surface area contributed by atoms with Gasteiger partial charge in [-0.15, -0.1) is 0 Å². The Hall–Kier alpha value is -2.12. The average Bonchev–Trinajstić information content (AvgIpc) is 2.60. The van der Waals surface area contributed by atoms with E-state index in [0.29, 0.717) is 18.7 Å². The summed E-state index contributed by atoms with van der Waals surface area (Å²) in [5.41, 5.74) is 6.55. The fourth-order valence-corrected chi connectivity index (χ4v) is 3.27. The first kappa shape index (κ1) is 20.2. The highest BCUT2D eigenvalue weighted by Crippen LogP contribution is 2.14. The normalized spacial score (nSPS) is 20.5. The monoisotopic (exact) mass is 362 g/mol. The number of benzene rings is 1. The Kier molecular flexibility index (Phi) is 7.41. The van der Waals surface area contributed by atoms with Gasteiger partial charge in [0.05, 0.1) is 18.8 Å². The van der Waals surface area contributed by atoms with Gasteiger partial charge in [0, 0.05) is 37.4 Å². The molecule has 0 spiro atoms. The molecule has 0 unspecified atom stereocenters. The van der Waals surface area contributed by atoms with Crippen molar-refractivity contribution in [1.29, 1.82) is 0 Å². The van der Waals surface area contributed by atoms with Gasteiger partial charge in [0.25, 0.3) is 11.8 Å². The van der Waals surface area contributed by atoms with Crippen molar-refractivity contribution in [3.05, 3.63) is 29.8 Å². The van der Waals surface area contributed by atoms with Gasteiger partial charge in [0.15, 0.2) is 0 Å². The number of carbonyl (C=O) groups is 2. The Morgan fingerprint density at radius 3 is 2.19 bits per heavy atom. The molecule has 2 N–H and O–H groups in total. The van der Waals surface area contributed by atoms with E-state index in [1.807, 2.05) is 30.9 Å². The number of carbonyl (C=O) groups excluding carboxylic acids is 2. The summed E-state index contributed by atoms with van der Waals surface area (Å²) in [6, 6.07) is 7.36. The SMILES string of the molecule is CCN(CC)c1ccc(C(=O)NNC(=O)CN2C[C@H](C)O[C@@H](C)C2)cc1. The molecule has 1 aromatic carbocycles. The highest BCUT2D eigenvalue weighted by molar-refractivity contribution is 5.95. The van der Waals surface area contributed by atoms with Crippen molar-refractivity contribution >= 4 is 17.5 Å². The Bertz CT molecular complexity index is 591. The molecule has 144 valence electrons. The topological polar surface area (TPSA) is 73.9 Å². The van der Waals surface area contributed by atoms with Crippen LogP contribution in [0.1, 0.15) is 38.1 Å². The molecule has 1 aliphatic heterocycles. The maximum Gasteiger partial charge on any atom is 0.269 e. The summed E-state index contributed by atoms with van der Waals surface area (Å²) < 4.78 is 5.65. The predicted octanol–water partition coefficient (Wildman–Crippen LogP) is 1.40. The van der Waals surface area contributed by atoms with Crippen molar-refractivity contribution in [3.63, 3.8) is 0 Å². The molecule has 0 radical (unpaired) electrons. The van der Waals surface area contributed by atoms with Crippen LogP contribution in [0, 0.1) is 0 Å². The van der Waals surface area contributed by atoms with Gasteiger partial charge in [-0.2, -0.15) is 0 Å². The smallest absolute Gasteiger partial charge is 0.269 e. The molecule has 0 aromatic heterocycles. The fourth-order valence-electron chi connectivity index (χ4n) is 3.27. The van der Waals surface area contributed by atoms with Crippen molar-refractivity contribution < 1.29 is 14.3 Å². The maximum atomic E-state index is 12.2. The Morgan fingerprint density at radius 2 is 1.65 bits per heavy atom. The molecule has 2 atom stereocenters. The zero-order chi connectivity index (χ0) is 19.1. The van der Waals surface area contributed by atoms with Crippen molar-refractivity contribution in [1.82, 2.24) is 15.8 Å². The predicted molar refractivity (Wildman–Crippen MR) is 102 cm³/mol. The molecule has 7 heteroatoms. The van der Waals surface area contributed by atoms with Crippen molar-refractivity contribution in [2.24, 2.45) is 0 Å². The van der Waals surface area contributed by atoms with E-state index in [0.717, 1.165) is 18.8 Å². The third-order valence-corrected chi connectivity index (χ3v) is 4.44. The molecule has 0 bridgehead atoms. The molecule has 1 aliphatic rings. The lowest BCUT2D eigenvalue weighted by molar-refractivity contribution is -0.126. The lowest BCUT2D eigenvalue weighted by Gasteiger charge is -2.34. The van der Waals surface area contributed by atoms with Crippen LogP contribution in [0.15, 0.2) is 24.3 Å². The van der Waals surface area contributed by atoms with E-state index in [1.54, 1.807) is 12.1 Å². The zero-order valence-corrected chi connectivity index (χ0v) is 16.1. The summed E-state index contributed by atoms with van der Waals surface area (Å²) in [6.07, 6.45) is 0.205. The van der Waals surface area contributed by atoms with Crippen LogP contribution in [0.5, 0.6) is 0 Å². The van der Waals surface area contributed by atoms with Gasteiger partial charge in [0.2, 0.25) is 0 Å². The molecule has 1 aromatic rings. The number of hydrazine groups is 1. The molecule has 26 heavy (non-hydrogen) atoms. The number of morpholine rings is 1. The van der Waals surface area contributed by atoms with Crippen molar-refractivity contribution in [3.8, 4) is 0 Å². The number of ether oxygens (including phenoxy) is 1. The van der Waals surface area contributed by atoms with E-state index in [4.69, 9.17) is 4.74 Å². The standard InChI is InChI=1S/C19H30N4O3/c1-5-23(6-2)17-9-7-16(8-10-17)19(25)21-20-18(24)13-22-11-14(3)26-15(4)12-22/h7-10,14-15H,5-6,11-13H2,1-4H3,(H,20,24)(H,21,25)/t14-,15-/m0/s1. The van der Waals surface area contributed by atoms with Gasteiger partial charge in [-0.05, 0) is 52.0 Å². The van der Waals surface area contributed by atoms with E-state index in [1.165, 1.54) is 0 Å². The minimum Gasteiger partial charge on any atom is -0.373 e. The number of anilines is 1. The molecule has 0 saturated carbocycles. The van der Waals surface area contributed by atoms with Crippen LogP contribution < -0.4 is 15.8 Å². The van der Waals surface area contributed by atoms with Gasteiger partial charge in [-0.1, -0.05) is 0 Å². The summed E-state index contributed by atoms with van der Waals surface area (Å²) >= 11 is 0. The number of rotatable bonds is 6. The Morgan fingerprint density at radius 1 is 1.08 bits per heavy atom. The number of amides is 2. The van der Waals surface area contributed by atoms with E-state index in [9.17, 15) is 9.59 Å². The first-order valence-electron chi connectivity index (χ1n) is 9.24. The summed E-state index contributed by atoms with van der Waals surface area (Å²) in [5.74, 6) is -0.562. The van der Waals surface area contributed by atoms with Crippen LogP contribution >= 0.6 is 0 Å². The third-order valence-electron chi connectivity index (χ3n) is 4.44. The highest BCUT2D eigenvalue weighted by atomic mass is 16.5. The molecular weight excluding hydrogens is 332 g/mol. The fraction of sp³-hybridized carbons (Fsp3) is 0.579. The Labute approximate surface area is 155 Å². The number of hydrogen-bond acceptors (Lipinski definition) is 5.